The summed E-state index contributed by atoms with van der Waals surface area (Å²) in [5.41, 5.74) is 26.3. The molecule has 6 heterocycles. The Labute approximate surface area is 809 Å². The van der Waals surface area contributed by atoms with Crippen LogP contribution >= 0.6 is 0 Å². The number of hydrogen-bond donors (Lipinski definition) is 17. The molecule has 138 heavy (non-hydrogen) atoms. The molecule has 13 aromatic rings. The molecular formula is C102H133N21O13S2. The number of aromatic nitrogens is 5. The van der Waals surface area contributed by atoms with E-state index in [1.807, 2.05) is 208 Å². The minimum absolute atomic E-state index is 0.0629. The van der Waals surface area contributed by atoms with Gasteiger partial charge in [-0.1, -0.05) is 54.6 Å². The van der Waals surface area contributed by atoms with Crippen molar-refractivity contribution in [1.29, 1.82) is 0 Å². The Balaban J connectivity index is 0.000000210. The Hall–Kier alpha value is -15.1. The van der Waals surface area contributed by atoms with E-state index < -0.39 is 31.4 Å². The number of pyridine rings is 1. The molecule has 3 aliphatic rings. The third kappa shape index (κ3) is 35.6. The van der Waals surface area contributed by atoms with E-state index in [9.17, 15) is 36.6 Å². The lowest BCUT2D eigenvalue weighted by atomic mass is 9.92. The Kier molecular flexibility index (Phi) is 46.4. The fourth-order valence-corrected chi connectivity index (χ4v) is 16.5. The molecule has 3 fully saturated rings. The summed E-state index contributed by atoms with van der Waals surface area (Å²) in [4.78, 5) is 79.0. The molecule has 16 rings (SSSR count). The number of aryl methyl sites for hydroxylation is 1. The highest BCUT2D eigenvalue weighted by molar-refractivity contribution is 7.98. The summed E-state index contributed by atoms with van der Waals surface area (Å²) >= 11 is 0. The Morgan fingerprint density at radius 1 is 0.529 bits per heavy atom. The predicted octanol–water partition coefficient (Wildman–Crippen LogP) is 15.8. The molecule has 34 nitrogen and oxygen atoms in total. The van der Waals surface area contributed by atoms with Gasteiger partial charge in [-0.3, -0.25) is 24.1 Å². The maximum absolute atomic E-state index is 12.6. The zero-order chi connectivity index (χ0) is 100. The van der Waals surface area contributed by atoms with Crippen molar-refractivity contribution in [3.63, 3.8) is 0 Å². The third-order valence-electron chi connectivity index (χ3n) is 21.6. The molecule has 2 aliphatic heterocycles. The second-order valence-corrected chi connectivity index (χ2v) is 35.0. The van der Waals surface area contributed by atoms with Crippen LogP contribution in [-0.2, 0) is 29.1 Å². The first-order valence-corrected chi connectivity index (χ1v) is 48.1. The van der Waals surface area contributed by atoms with Crippen LogP contribution in [-0.4, -0.2) is 214 Å². The quantitative estimate of drug-likeness (QED) is 0.0236. The number of primary amides is 2. The predicted molar refractivity (Wildman–Crippen MR) is 562 cm³/mol. The van der Waals surface area contributed by atoms with Gasteiger partial charge in [-0.2, -0.15) is 0 Å². The molecule has 2 saturated heterocycles. The van der Waals surface area contributed by atoms with Crippen LogP contribution in [0.1, 0.15) is 88.0 Å². The zero-order valence-corrected chi connectivity index (χ0v) is 82.5. The summed E-state index contributed by atoms with van der Waals surface area (Å²) in [6, 6.07) is 68.6. The standard InChI is InChI=1S/C14H22N2OS.C13H18N2O2.C12H16N2O2.C10H11N3.C10H10N2O.C9H11N3O2.C9H12N2O.C9H10N2.C9H13NO3S.C7H10N2O/c1-15-12-8-10-13(11-9-12)16-18(2,17)14-6-4-3-5-7-14;1-14-10-6-7-11(12(9-10)17-2)15-8-4-3-5-13(15)16;1-9-8-10(13-2)4-5-11(9)14-6-3-7-16-12(14)15;2*1-11-9-4-2-3-8(5-9)10-6-12-7-13-10;1-12-7-3-5(8(10)13)2-6(4-7)9(11)14;1-10-8-5-3-4-7(6-8)9(12)11-2;1-10-8-2-3-9-7(6-8)4-5-11-9;1-10-8-3-2-4-9(7-8)14(12,13)6-5-11;1-8-7-5-6(10-2)3-4-9-7/h3-7,12-13,15H,2,8-11H2,1H3,(H,16,17);6-7,9,14H,3-5,8H2,1-2H3;4-5,8,13H,3,6-7H2,1-2H3;2-7,11H,1H3,(H,12,13);2-7,11H,1H3;2-4,12H,1H3,(H2,10,13)(H2,11,14);3-6,10H,1-2H3,(H,11,12);2-6,10-11H,1H3;2-4,7,10-11H,5-6H2,1H3;3-5H,1-2H3,(H,8,9). The van der Waals surface area contributed by atoms with Gasteiger partial charge in [0.05, 0.1) is 83.6 Å². The normalized spacial score (nSPS) is 13.6. The Morgan fingerprint density at radius 3 is 1.64 bits per heavy atom. The zero-order valence-electron chi connectivity index (χ0n) is 80.9. The van der Waals surface area contributed by atoms with Crippen LogP contribution in [0.2, 0.25) is 0 Å². The summed E-state index contributed by atoms with van der Waals surface area (Å²) in [5.74, 6) is 5.75. The van der Waals surface area contributed by atoms with Crippen molar-refractivity contribution in [2.24, 2.45) is 11.5 Å². The summed E-state index contributed by atoms with van der Waals surface area (Å²) < 4.78 is 59.4. The van der Waals surface area contributed by atoms with Crippen LogP contribution in [0, 0.1) is 6.92 Å². The molecule has 4 aromatic heterocycles. The van der Waals surface area contributed by atoms with Crippen molar-refractivity contribution in [2.75, 3.05) is 181 Å². The minimum Gasteiger partial charge on any atom is -0.497 e. The highest BCUT2D eigenvalue weighted by atomic mass is 32.2. The molecule has 736 valence electrons. The molecule has 5 amide bonds. The number of aliphatic hydroxyl groups excluding tert-OH is 1. The van der Waals surface area contributed by atoms with E-state index in [4.69, 9.17) is 35.2 Å². The molecule has 0 spiro atoms. The number of benzene rings is 9. The molecule has 0 bridgehead atoms. The number of aliphatic hydroxyl groups is 1. The molecular weight excluding hydrogens is 1790 g/mol. The first kappa shape index (κ1) is 110. The van der Waals surface area contributed by atoms with E-state index in [1.54, 1.807) is 108 Å². The number of cyclic esters (lactones) is 1. The number of carbonyl (C=O) groups excluding carboxylic acids is 5. The van der Waals surface area contributed by atoms with Crippen molar-refractivity contribution in [3.05, 3.63) is 278 Å². The number of oxazole rings is 1. The highest BCUT2D eigenvalue weighted by Gasteiger charge is 2.26. The number of piperidine rings is 1. The summed E-state index contributed by atoms with van der Waals surface area (Å²) in [6.07, 6.45) is 18.0. The molecule has 1 atom stereocenters. The second kappa shape index (κ2) is 58.2. The minimum atomic E-state index is -3.33. The number of anilines is 11. The monoisotopic (exact) mass is 1920 g/mol. The molecule has 36 heteroatoms. The average Bonchev–Trinajstić information content (AvgIpc) is 0.912. The maximum atomic E-state index is 12.6. The molecule has 0 radical (unpaired) electrons. The number of nitrogens with zero attached hydrogens (tertiary/aromatic N) is 5. The van der Waals surface area contributed by atoms with Gasteiger partial charge in [0.25, 0.3) is 5.91 Å². The van der Waals surface area contributed by atoms with Crippen LogP contribution in [0.15, 0.2) is 270 Å². The maximum Gasteiger partial charge on any atom is 0.414 e. The van der Waals surface area contributed by atoms with E-state index in [1.165, 1.54) is 29.4 Å². The van der Waals surface area contributed by atoms with E-state index in [0.717, 1.165) is 160 Å². The van der Waals surface area contributed by atoms with Crippen molar-refractivity contribution in [1.82, 2.24) is 40.3 Å². The topological polar surface area (TPSA) is 471 Å². The van der Waals surface area contributed by atoms with E-state index in [2.05, 4.69) is 124 Å². The number of fused-ring (bicyclic) bond motifs is 1. The third-order valence-corrected chi connectivity index (χ3v) is 25.1. The molecule has 9 aromatic carbocycles. The molecule has 1 saturated carbocycles. The highest BCUT2D eigenvalue weighted by Crippen LogP contribution is 2.34. The van der Waals surface area contributed by atoms with E-state index in [-0.39, 0.29) is 46.3 Å². The lowest BCUT2D eigenvalue weighted by molar-refractivity contribution is -0.119. The van der Waals surface area contributed by atoms with Crippen LogP contribution in [0.4, 0.5) is 67.5 Å². The average molecular weight is 1930 g/mol. The van der Waals surface area contributed by atoms with Crippen molar-refractivity contribution in [3.8, 4) is 34.1 Å². The number of hydrogen-bond acceptors (Lipinski definition) is 26. The molecule has 1 unspecified atom stereocenters. The van der Waals surface area contributed by atoms with Crippen LogP contribution < -0.4 is 93.9 Å². The smallest absolute Gasteiger partial charge is 0.414 e. The lowest BCUT2D eigenvalue weighted by Crippen LogP contribution is -2.41. The number of H-pyrrole nitrogens is 2. The van der Waals surface area contributed by atoms with Gasteiger partial charge in [0, 0.05) is 216 Å². The van der Waals surface area contributed by atoms with Gasteiger partial charge >= 0.3 is 6.09 Å². The fraction of sp³-hybridized carbons (Fsp3) is 0.284. The Bertz CT molecular complexity index is 6020. The summed E-state index contributed by atoms with van der Waals surface area (Å²) in [7, 11) is 17.7. The lowest BCUT2D eigenvalue weighted by Gasteiger charge is -2.30. The second-order valence-electron chi connectivity index (χ2n) is 30.8. The van der Waals surface area contributed by atoms with Gasteiger partial charge in [-0.05, 0) is 222 Å². The van der Waals surface area contributed by atoms with Crippen molar-refractivity contribution < 1.29 is 60.3 Å². The molecule has 1 aliphatic carbocycles. The number of amides is 5. The van der Waals surface area contributed by atoms with Crippen molar-refractivity contribution in [2.45, 2.75) is 80.2 Å². The van der Waals surface area contributed by atoms with Crippen LogP contribution in [0.5, 0.6) is 11.5 Å². The SMILES string of the molecule is C=S(=O)(NC1CCC(NC)CC1)c1ccccc1.CNC(=O)c1cccc(NC)c1.CNc1cc(C(N)=O)cc(C(N)=O)c1.CNc1cc(OC)ccn1.CNc1ccc(N2CCCCC2=O)c(OC)c1.CNc1ccc(N2CCCOC2=O)c(C)c1.CNc1ccc2[nH]ccc2c1.CNc1cccc(-c2cnc[nH]2)c1.CNc1cccc(-c2cnco2)c1.CNc1cccc(S(=O)(=O)CCO)c1. The first-order valence-electron chi connectivity index (χ1n) is 44.7. The van der Waals surface area contributed by atoms with Crippen LogP contribution in [0.3, 0.4) is 0 Å². The number of sulfone groups is 1. The number of rotatable bonds is 25. The van der Waals surface area contributed by atoms with Crippen LogP contribution in [0.25, 0.3) is 33.5 Å². The van der Waals surface area contributed by atoms with Gasteiger partial charge in [-0.15, -0.1) is 0 Å². The Morgan fingerprint density at radius 2 is 1.09 bits per heavy atom. The van der Waals surface area contributed by atoms with Gasteiger partial charge in [-0.25, -0.2) is 37.1 Å². The van der Waals surface area contributed by atoms with Gasteiger partial charge < -0.3 is 109 Å². The van der Waals surface area contributed by atoms with Gasteiger partial charge in [0.1, 0.15) is 17.3 Å². The van der Waals surface area contributed by atoms with Gasteiger partial charge in [0.2, 0.25) is 17.7 Å². The number of aromatic amines is 2. The number of nitrogens with one attached hydrogen (secondary N) is 14. The summed E-state index contributed by atoms with van der Waals surface area (Å²) in [6.45, 7) is 3.69. The van der Waals surface area contributed by atoms with Gasteiger partial charge in [0.15, 0.2) is 22.0 Å². The number of ether oxygens (including phenoxy) is 3. The largest absolute Gasteiger partial charge is 0.497 e. The number of nitrogens with two attached hydrogens (primary N) is 2. The number of carbonyl (C=O) groups is 5. The first-order chi connectivity index (χ1) is 66.6. The van der Waals surface area contributed by atoms with Crippen molar-refractivity contribution >= 4 is 129 Å². The fourth-order valence-electron chi connectivity index (χ4n) is 13.9. The van der Waals surface area contributed by atoms with E-state index in [0.29, 0.717) is 36.4 Å². The number of methoxy groups -OCH3 is 2. The number of imidazole rings is 1. The summed E-state index contributed by atoms with van der Waals surface area (Å²) in [5, 5.41) is 42.6. The molecule has 19 N–H and O–H groups in total. The van der Waals surface area contributed by atoms with E-state index >= 15 is 0 Å².